The number of piperazine rings is 1. The first-order valence-electron chi connectivity index (χ1n) is 10.2. The van der Waals surface area contributed by atoms with Crippen LogP contribution in [-0.4, -0.2) is 53.5 Å². The van der Waals surface area contributed by atoms with Crippen molar-refractivity contribution in [3.05, 3.63) is 59.8 Å². The third kappa shape index (κ3) is 4.31. The van der Waals surface area contributed by atoms with Gasteiger partial charge < -0.3 is 15.1 Å². The van der Waals surface area contributed by atoms with E-state index >= 15 is 0 Å². The number of hydrogen-bond donors (Lipinski definition) is 1. The van der Waals surface area contributed by atoms with Gasteiger partial charge in [-0.3, -0.25) is 4.79 Å². The third-order valence-electron chi connectivity index (χ3n) is 5.34. The number of nitrogens with one attached hydrogen (secondary N) is 1. The minimum atomic E-state index is 0.180. The van der Waals surface area contributed by atoms with Gasteiger partial charge in [0.15, 0.2) is 0 Å². The van der Waals surface area contributed by atoms with Crippen molar-refractivity contribution in [2.75, 3.05) is 42.9 Å². The van der Waals surface area contributed by atoms with Crippen LogP contribution in [0.5, 0.6) is 0 Å². The SMILES string of the molecule is CCNc1cc(C)nc(N2CCN(C(=O)Cc3cccc4ccccc34)CC2)n1. The van der Waals surface area contributed by atoms with Crippen LogP contribution in [0.25, 0.3) is 10.8 Å². The van der Waals surface area contributed by atoms with Crippen molar-refractivity contribution < 1.29 is 4.79 Å². The minimum absolute atomic E-state index is 0.180. The molecule has 6 nitrogen and oxygen atoms in total. The molecule has 1 fully saturated rings. The highest BCUT2D eigenvalue weighted by Gasteiger charge is 2.23. The average molecular weight is 390 g/mol. The van der Waals surface area contributed by atoms with Crippen LogP contribution < -0.4 is 10.2 Å². The van der Waals surface area contributed by atoms with E-state index in [2.05, 4.69) is 51.4 Å². The second-order valence-electron chi connectivity index (χ2n) is 7.41. The Kier molecular flexibility index (Phi) is 5.60. The maximum atomic E-state index is 12.9. The number of fused-ring (bicyclic) bond motifs is 1. The molecule has 150 valence electrons. The van der Waals surface area contributed by atoms with Crippen molar-refractivity contribution in [3.8, 4) is 0 Å². The van der Waals surface area contributed by atoms with Crippen LogP contribution in [-0.2, 0) is 11.2 Å². The fourth-order valence-electron chi connectivity index (χ4n) is 3.84. The van der Waals surface area contributed by atoms with E-state index in [0.29, 0.717) is 19.5 Å². The van der Waals surface area contributed by atoms with Crippen molar-refractivity contribution in [2.45, 2.75) is 20.3 Å². The molecule has 0 bridgehead atoms. The van der Waals surface area contributed by atoms with E-state index in [1.165, 1.54) is 5.39 Å². The molecular formula is C23H27N5O. The molecule has 0 radical (unpaired) electrons. The van der Waals surface area contributed by atoms with Gasteiger partial charge in [-0.25, -0.2) is 4.98 Å². The number of aryl methyl sites for hydroxylation is 1. The highest BCUT2D eigenvalue weighted by atomic mass is 16.2. The second-order valence-corrected chi connectivity index (χ2v) is 7.41. The van der Waals surface area contributed by atoms with Crippen molar-refractivity contribution >= 4 is 28.4 Å². The molecular weight excluding hydrogens is 362 g/mol. The summed E-state index contributed by atoms with van der Waals surface area (Å²) in [6.07, 6.45) is 0.437. The summed E-state index contributed by atoms with van der Waals surface area (Å²) in [5.41, 5.74) is 2.04. The Balaban J connectivity index is 1.41. The van der Waals surface area contributed by atoms with Crippen molar-refractivity contribution in [1.82, 2.24) is 14.9 Å². The number of carbonyl (C=O) groups excluding carboxylic acids is 1. The number of hydrogen-bond acceptors (Lipinski definition) is 5. The second kappa shape index (κ2) is 8.47. The maximum Gasteiger partial charge on any atom is 0.227 e. The predicted molar refractivity (Wildman–Crippen MR) is 117 cm³/mol. The summed E-state index contributed by atoms with van der Waals surface area (Å²) in [6.45, 7) is 7.74. The van der Waals surface area contributed by atoms with Crippen molar-refractivity contribution in [3.63, 3.8) is 0 Å². The lowest BCUT2D eigenvalue weighted by atomic mass is 10.0. The fourth-order valence-corrected chi connectivity index (χ4v) is 3.84. The Labute approximate surface area is 171 Å². The highest BCUT2D eigenvalue weighted by Crippen LogP contribution is 2.20. The quantitative estimate of drug-likeness (QED) is 0.726. The summed E-state index contributed by atoms with van der Waals surface area (Å²) in [7, 11) is 0. The topological polar surface area (TPSA) is 61.4 Å². The van der Waals surface area contributed by atoms with Crippen LogP contribution in [0.15, 0.2) is 48.5 Å². The lowest BCUT2D eigenvalue weighted by Crippen LogP contribution is -2.49. The van der Waals surface area contributed by atoms with Crippen LogP contribution in [0.4, 0.5) is 11.8 Å². The van der Waals surface area contributed by atoms with E-state index < -0.39 is 0 Å². The van der Waals surface area contributed by atoms with E-state index in [0.717, 1.165) is 48.0 Å². The van der Waals surface area contributed by atoms with Crippen LogP contribution in [0, 0.1) is 6.92 Å². The summed E-state index contributed by atoms with van der Waals surface area (Å²) >= 11 is 0. The zero-order valence-electron chi connectivity index (χ0n) is 17.1. The molecule has 0 atom stereocenters. The molecule has 4 rings (SSSR count). The van der Waals surface area contributed by atoms with Crippen LogP contribution >= 0.6 is 0 Å². The maximum absolute atomic E-state index is 12.9. The average Bonchev–Trinajstić information content (AvgIpc) is 2.74. The van der Waals surface area contributed by atoms with Gasteiger partial charge in [0.1, 0.15) is 5.82 Å². The Morgan fingerprint density at radius 1 is 1.03 bits per heavy atom. The van der Waals surface area contributed by atoms with Gasteiger partial charge in [-0.2, -0.15) is 4.98 Å². The number of aromatic nitrogens is 2. The van der Waals surface area contributed by atoms with Gasteiger partial charge in [-0.05, 0) is 30.2 Å². The molecule has 1 aliphatic rings. The zero-order chi connectivity index (χ0) is 20.2. The molecule has 1 saturated heterocycles. The molecule has 6 heteroatoms. The zero-order valence-corrected chi connectivity index (χ0v) is 17.1. The number of rotatable bonds is 5. The number of nitrogens with zero attached hydrogens (tertiary/aromatic N) is 4. The van der Waals surface area contributed by atoms with Gasteiger partial charge >= 0.3 is 0 Å². The lowest BCUT2D eigenvalue weighted by Gasteiger charge is -2.35. The van der Waals surface area contributed by atoms with E-state index in [-0.39, 0.29) is 5.91 Å². The smallest absolute Gasteiger partial charge is 0.227 e. The van der Waals surface area contributed by atoms with E-state index in [9.17, 15) is 4.79 Å². The van der Waals surface area contributed by atoms with Gasteiger partial charge in [-0.15, -0.1) is 0 Å². The molecule has 0 unspecified atom stereocenters. The normalized spacial score (nSPS) is 14.3. The van der Waals surface area contributed by atoms with Crippen LogP contribution in [0.2, 0.25) is 0 Å². The molecule has 2 aromatic carbocycles. The van der Waals surface area contributed by atoms with Gasteiger partial charge in [0.2, 0.25) is 11.9 Å². The molecule has 1 aliphatic heterocycles. The Morgan fingerprint density at radius 3 is 2.59 bits per heavy atom. The minimum Gasteiger partial charge on any atom is -0.370 e. The number of benzene rings is 2. The van der Waals surface area contributed by atoms with E-state index in [1.807, 2.05) is 36.1 Å². The van der Waals surface area contributed by atoms with Crippen LogP contribution in [0.1, 0.15) is 18.2 Å². The van der Waals surface area contributed by atoms with Gasteiger partial charge in [-0.1, -0.05) is 42.5 Å². The first kappa shape index (κ1) is 19.2. The molecule has 1 aromatic heterocycles. The first-order chi connectivity index (χ1) is 14.1. The van der Waals surface area contributed by atoms with Crippen molar-refractivity contribution in [1.29, 1.82) is 0 Å². The molecule has 0 saturated carbocycles. The van der Waals surface area contributed by atoms with Gasteiger partial charge in [0.25, 0.3) is 0 Å². The van der Waals surface area contributed by atoms with E-state index in [4.69, 9.17) is 0 Å². The number of amides is 1. The summed E-state index contributed by atoms with van der Waals surface area (Å²) < 4.78 is 0. The third-order valence-corrected chi connectivity index (χ3v) is 5.34. The Hall–Kier alpha value is -3.15. The predicted octanol–water partition coefficient (Wildman–Crippen LogP) is 3.26. The number of anilines is 2. The molecule has 29 heavy (non-hydrogen) atoms. The van der Waals surface area contributed by atoms with E-state index in [1.54, 1.807) is 0 Å². The first-order valence-corrected chi connectivity index (χ1v) is 10.2. The van der Waals surface area contributed by atoms with Gasteiger partial charge in [0, 0.05) is 44.5 Å². The fraction of sp³-hybridized carbons (Fsp3) is 0.348. The monoisotopic (exact) mass is 389 g/mol. The summed E-state index contributed by atoms with van der Waals surface area (Å²) in [5, 5.41) is 5.59. The van der Waals surface area contributed by atoms with Crippen molar-refractivity contribution in [2.24, 2.45) is 0 Å². The standard InChI is InChI=1S/C23H27N5O/c1-3-24-21-15-17(2)25-23(26-21)28-13-11-27(12-14-28)22(29)16-19-9-6-8-18-7-4-5-10-20(18)19/h4-10,15H,3,11-14,16H2,1-2H3,(H,24,25,26). The van der Waals surface area contributed by atoms with Crippen LogP contribution in [0.3, 0.4) is 0 Å². The molecule has 1 N–H and O–H groups in total. The molecule has 3 aromatic rings. The summed E-state index contributed by atoms with van der Waals surface area (Å²) in [6, 6.07) is 16.4. The number of carbonyl (C=O) groups is 1. The largest absolute Gasteiger partial charge is 0.370 e. The highest BCUT2D eigenvalue weighted by molar-refractivity contribution is 5.90. The Bertz CT molecular complexity index is 1010. The molecule has 0 aliphatic carbocycles. The summed E-state index contributed by atoms with van der Waals surface area (Å²) in [4.78, 5) is 26.2. The molecule has 1 amide bonds. The summed E-state index contributed by atoms with van der Waals surface area (Å²) in [5.74, 6) is 1.77. The lowest BCUT2D eigenvalue weighted by molar-refractivity contribution is -0.130. The van der Waals surface area contributed by atoms with Gasteiger partial charge in [0.05, 0.1) is 6.42 Å². The molecule has 2 heterocycles. The Morgan fingerprint density at radius 2 is 1.79 bits per heavy atom. The molecule has 0 spiro atoms.